The smallest absolute Gasteiger partial charge is 0.159 e. The van der Waals surface area contributed by atoms with Crippen LogP contribution in [0.4, 0.5) is 5.69 Å². The Bertz CT molecular complexity index is 1750. The first-order valence-electron chi connectivity index (χ1n) is 11.2. The summed E-state index contributed by atoms with van der Waals surface area (Å²) < 4.78 is 46.9. The van der Waals surface area contributed by atoms with E-state index in [1.807, 2.05) is 0 Å². The lowest BCUT2D eigenvalue weighted by atomic mass is 10.0. The van der Waals surface area contributed by atoms with Crippen molar-refractivity contribution in [2.45, 2.75) is 9.79 Å². The average molecular weight is 534 g/mol. The fraction of sp³-hybridized carbons (Fsp3) is 0. The van der Waals surface area contributed by atoms with E-state index in [-0.39, 0.29) is 0 Å². The maximum absolute atomic E-state index is 11.1. The lowest BCUT2D eigenvalue weighted by molar-refractivity contribution is 0.469. The van der Waals surface area contributed by atoms with E-state index in [2.05, 4.69) is 10.1 Å². The summed E-state index contributed by atoms with van der Waals surface area (Å²) in [6.45, 7) is 0. The summed E-state index contributed by atoms with van der Waals surface area (Å²) in [4.78, 5) is 5.14. The van der Waals surface area contributed by atoms with Crippen LogP contribution in [0.25, 0.3) is 33.1 Å². The summed E-state index contributed by atoms with van der Waals surface area (Å²) in [5, 5.41) is 5.53. The molecule has 0 unspecified atom stereocenters. The Hall–Kier alpha value is -3.84. The molecule has 3 aromatic carbocycles. The maximum Gasteiger partial charge on any atom is 0.159 e. The van der Waals surface area contributed by atoms with Crippen molar-refractivity contribution in [2.75, 3.05) is 5.73 Å². The summed E-state index contributed by atoms with van der Waals surface area (Å²) in [7, 11) is -6.81. The predicted molar refractivity (Wildman–Crippen MR) is 149 cm³/mol. The minimum absolute atomic E-state index is 0.332. The highest BCUT2D eigenvalue weighted by Gasteiger charge is 2.24. The van der Waals surface area contributed by atoms with E-state index in [1.165, 1.54) is 14.3 Å². The molecule has 0 amide bonds. The molecule has 6 aromatic rings. The molecule has 0 radical (unpaired) electrons. The van der Waals surface area contributed by atoms with Crippen LogP contribution >= 0.6 is 21.6 Å². The number of nitrogens with zero attached hydrogens (tertiary/aromatic N) is 4. The first kappa shape index (κ1) is 23.6. The van der Waals surface area contributed by atoms with Gasteiger partial charge in [-0.2, -0.15) is 9.19 Å². The molecule has 0 aliphatic carbocycles. The van der Waals surface area contributed by atoms with Crippen LogP contribution in [0.3, 0.4) is 0 Å². The van der Waals surface area contributed by atoms with E-state index in [4.69, 9.17) is 5.73 Å². The first-order chi connectivity index (χ1) is 17.8. The summed E-state index contributed by atoms with van der Waals surface area (Å²) in [5.74, 6) is 0. The van der Waals surface area contributed by atoms with Gasteiger partial charge in [-0.3, -0.25) is 18.2 Å². The number of nitrogen functional groups attached to an aromatic ring is 1. The van der Waals surface area contributed by atoms with E-state index in [0.29, 0.717) is 43.0 Å². The van der Waals surface area contributed by atoms with Crippen LogP contribution in [0.1, 0.15) is 0 Å². The summed E-state index contributed by atoms with van der Waals surface area (Å²) in [5.41, 5.74) is 9.07. The average Bonchev–Trinajstić information content (AvgIpc) is 3.55. The number of rotatable bonds is 5. The van der Waals surface area contributed by atoms with Gasteiger partial charge in [-0.15, -0.1) is 0 Å². The Kier molecular flexibility index (Phi) is 5.49. The second-order valence-electron chi connectivity index (χ2n) is 8.42. The largest absolute Gasteiger partial charge is 0.398 e. The monoisotopic (exact) mass is 533 g/mol. The minimum Gasteiger partial charge on any atom is -0.398 e. The van der Waals surface area contributed by atoms with Crippen molar-refractivity contribution >= 4 is 49.2 Å². The standard InChI is InChI=1S/C26H23N5O4S2/c27-24-15-18(16-25-23(24)17-29-31(25)37(34,35)20-9-5-2-6-10-20)21-11-13-28-26-22(21)12-14-30(26)36(32,33)19-7-3-1-4-8-19/h1-17,32-35H,27H2. The van der Waals surface area contributed by atoms with Crippen molar-refractivity contribution in [3.63, 3.8) is 0 Å². The second kappa shape index (κ2) is 8.63. The predicted octanol–water partition coefficient (Wildman–Crippen LogP) is 6.78. The maximum atomic E-state index is 11.1. The Morgan fingerprint density at radius 3 is 2.05 bits per heavy atom. The minimum atomic E-state index is -3.46. The van der Waals surface area contributed by atoms with Crippen LogP contribution in [-0.2, 0) is 0 Å². The molecule has 0 aliphatic heterocycles. The fourth-order valence-corrected chi connectivity index (χ4v) is 7.07. The molecule has 0 aliphatic rings. The Morgan fingerprint density at radius 2 is 1.38 bits per heavy atom. The molecule has 3 heterocycles. The highest BCUT2D eigenvalue weighted by molar-refractivity contribution is 8.23. The van der Waals surface area contributed by atoms with Gasteiger partial charge in [0.1, 0.15) is 0 Å². The third kappa shape index (κ3) is 3.76. The van der Waals surface area contributed by atoms with Gasteiger partial charge in [0.25, 0.3) is 0 Å². The van der Waals surface area contributed by atoms with Crippen LogP contribution in [-0.4, -0.2) is 36.4 Å². The van der Waals surface area contributed by atoms with Crippen LogP contribution in [0.2, 0.25) is 0 Å². The third-order valence-corrected chi connectivity index (χ3v) is 9.61. The Balaban J connectivity index is 1.52. The molecule has 0 saturated carbocycles. The zero-order valence-corrected chi connectivity index (χ0v) is 20.9. The number of aromatic nitrogens is 4. The van der Waals surface area contributed by atoms with Gasteiger partial charge in [0.2, 0.25) is 0 Å². The van der Waals surface area contributed by atoms with E-state index in [9.17, 15) is 18.2 Å². The molecule has 11 heteroatoms. The second-order valence-corrected chi connectivity index (χ2v) is 12.2. The molecule has 188 valence electrons. The van der Waals surface area contributed by atoms with Gasteiger partial charge in [-0.1, -0.05) is 57.9 Å². The third-order valence-electron chi connectivity index (χ3n) is 6.19. The van der Waals surface area contributed by atoms with Crippen LogP contribution in [0, 0.1) is 0 Å². The molecule has 0 saturated heterocycles. The molecule has 6 rings (SSSR count). The highest BCUT2D eigenvalue weighted by Crippen LogP contribution is 2.52. The van der Waals surface area contributed by atoms with Gasteiger partial charge in [0.15, 0.2) is 5.65 Å². The number of nitrogens with two attached hydrogens (primary N) is 1. The molecule has 37 heavy (non-hydrogen) atoms. The molecule has 3 aromatic heterocycles. The molecule has 6 N–H and O–H groups in total. The lowest BCUT2D eigenvalue weighted by Crippen LogP contribution is -2.11. The lowest BCUT2D eigenvalue weighted by Gasteiger charge is -2.33. The van der Waals surface area contributed by atoms with E-state index < -0.39 is 21.6 Å². The van der Waals surface area contributed by atoms with Crippen molar-refractivity contribution in [1.82, 2.24) is 18.1 Å². The Morgan fingerprint density at radius 1 is 0.730 bits per heavy atom. The van der Waals surface area contributed by atoms with Crippen molar-refractivity contribution in [3.8, 4) is 11.1 Å². The van der Waals surface area contributed by atoms with Crippen LogP contribution in [0.15, 0.2) is 113 Å². The molecule has 0 atom stereocenters. The number of fused-ring (bicyclic) bond motifs is 2. The van der Waals surface area contributed by atoms with E-state index in [1.54, 1.807) is 97.3 Å². The van der Waals surface area contributed by atoms with Crippen molar-refractivity contribution in [3.05, 3.63) is 104 Å². The van der Waals surface area contributed by atoms with Gasteiger partial charge < -0.3 is 5.73 Å². The van der Waals surface area contributed by atoms with E-state index in [0.717, 1.165) is 5.56 Å². The number of anilines is 1. The Labute approximate surface area is 215 Å². The van der Waals surface area contributed by atoms with Crippen molar-refractivity contribution < 1.29 is 18.2 Å². The van der Waals surface area contributed by atoms with Crippen LogP contribution in [0.5, 0.6) is 0 Å². The van der Waals surface area contributed by atoms with E-state index >= 15 is 0 Å². The number of benzene rings is 3. The number of hydrogen-bond acceptors (Lipinski definition) is 7. The first-order valence-corrected chi connectivity index (χ1v) is 14.2. The van der Waals surface area contributed by atoms with Crippen molar-refractivity contribution in [1.29, 1.82) is 0 Å². The number of hydrogen-bond donors (Lipinski definition) is 5. The zero-order valence-electron chi connectivity index (χ0n) is 19.3. The fourth-order valence-electron chi connectivity index (χ4n) is 4.38. The summed E-state index contributed by atoms with van der Waals surface area (Å²) >= 11 is 0. The van der Waals surface area contributed by atoms with Crippen molar-refractivity contribution in [2.24, 2.45) is 0 Å². The molecule has 0 spiro atoms. The number of pyridine rings is 1. The highest BCUT2D eigenvalue weighted by atomic mass is 32.3. The summed E-state index contributed by atoms with van der Waals surface area (Å²) in [6, 6.07) is 24.3. The molecule has 0 bridgehead atoms. The van der Waals surface area contributed by atoms with Gasteiger partial charge in [0, 0.05) is 28.9 Å². The SMILES string of the molecule is Nc1cc(-c2ccnc3c2ccn3S(O)(O)c2ccccc2)cc2c1cnn2S(O)(O)c1ccccc1. The van der Waals surface area contributed by atoms with Crippen LogP contribution < -0.4 is 5.73 Å². The molecular weight excluding hydrogens is 510 g/mol. The zero-order chi connectivity index (χ0) is 25.8. The quantitative estimate of drug-likeness (QED) is 0.154. The summed E-state index contributed by atoms with van der Waals surface area (Å²) in [6.07, 6.45) is 4.70. The van der Waals surface area contributed by atoms with Gasteiger partial charge >= 0.3 is 0 Å². The molecule has 9 nitrogen and oxygen atoms in total. The van der Waals surface area contributed by atoms with Gasteiger partial charge in [-0.05, 0) is 59.7 Å². The topological polar surface area (TPSA) is 143 Å². The van der Waals surface area contributed by atoms with Gasteiger partial charge in [0.05, 0.1) is 21.5 Å². The molecule has 0 fully saturated rings. The van der Waals surface area contributed by atoms with Gasteiger partial charge in [-0.25, -0.2) is 8.96 Å². The molecular formula is C26H23N5O4S2. The normalized spacial score (nSPS) is 13.3.